The summed E-state index contributed by atoms with van der Waals surface area (Å²) in [6.45, 7) is -1.59. The summed E-state index contributed by atoms with van der Waals surface area (Å²) in [6, 6.07) is 6.65. The Morgan fingerprint density at radius 1 is 1.30 bits per heavy atom. The Kier molecular flexibility index (Phi) is 3.78. The van der Waals surface area contributed by atoms with Crippen LogP contribution in [0.4, 0.5) is 13.2 Å². The van der Waals surface area contributed by atoms with Crippen LogP contribution in [0.25, 0.3) is 10.9 Å². The number of halogens is 3. The molecule has 2 aromatic rings. The van der Waals surface area contributed by atoms with Crippen LogP contribution in [0.1, 0.15) is 10.4 Å². The number of hydrogen-bond acceptors (Lipinski definition) is 2. The van der Waals surface area contributed by atoms with Crippen molar-refractivity contribution < 1.29 is 22.8 Å². The Morgan fingerprint density at radius 2 is 2.05 bits per heavy atom. The van der Waals surface area contributed by atoms with Crippen molar-refractivity contribution in [1.29, 1.82) is 0 Å². The molecule has 0 spiro atoms. The molecule has 0 aliphatic heterocycles. The minimum Gasteiger partial charge on any atom is -0.345 e. The van der Waals surface area contributed by atoms with Gasteiger partial charge in [-0.05, 0) is 17.5 Å². The van der Waals surface area contributed by atoms with E-state index >= 15 is 0 Å². The van der Waals surface area contributed by atoms with E-state index in [-0.39, 0.29) is 6.54 Å². The molecular weight excluding hydrogens is 273 g/mol. The standard InChI is InChI=1S/C13H11F3N2O2/c14-13(15,16)8-17-12(20)6-18-4-3-10-2-1-9(7-19)5-11(10)18/h1-5,7H,6,8H2,(H,17,20). The van der Waals surface area contributed by atoms with Crippen molar-refractivity contribution in [3.05, 3.63) is 36.0 Å². The van der Waals surface area contributed by atoms with Gasteiger partial charge in [-0.2, -0.15) is 13.2 Å². The molecule has 1 heterocycles. The number of rotatable bonds is 4. The zero-order valence-electron chi connectivity index (χ0n) is 10.3. The zero-order valence-corrected chi connectivity index (χ0v) is 10.3. The third-order valence-electron chi connectivity index (χ3n) is 2.73. The first-order valence-electron chi connectivity index (χ1n) is 5.76. The van der Waals surface area contributed by atoms with E-state index in [1.54, 1.807) is 35.8 Å². The molecule has 0 bridgehead atoms. The molecule has 1 aromatic carbocycles. The first-order chi connectivity index (χ1) is 9.39. The lowest BCUT2D eigenvalue weighted by Crippen LogP contribution is -2.35. The zero-order chi connectivity index (χ0) is 14.8. The molecular formula is C13H11F3N2O2. The summed E-state index contributed by atoms with van der Waals surface area (Å²) >= 11 is 0. The van der Waals surface area contributed by atoms with Gasteiger partial charge in [-0.15, -0.1) is 0 Å². The van der Waals surface area contributed by atoms with Crippen LogP contribution < -0.4 is 5.32 Å². The van der Waals surface area contributed by atoms with Crippen LogP contribution in [0.15, 0.2) is 30.5 Å². The highest BCUT2D eigenvalue weighted by Gasteiger charge is 2.27. The number of fused-ring (bicyclic) bond motifs is 1. The van der Waals surface area contributed by atoms with E-state index in [1.165, 1.54) is 4.57 Å². The number of aromatic nitrogens is 1. The lowest BCUT2D eigenvalue weighted by Gasteiger charge is -2.09. The molecule has 20 heavy (non-hydrogen) atoms. The van der Waals surface area contributed by atoms with Crippen LogP contribution in [0.3, 0.4) is 0 Å². The van der Waals surface area contributed by atoms with Crippen molar-refractivity contribution in [2.75, 3.05) is 6.54 Å². The van der Waals surface area contributed by atoms with Gasteiger partial charge in [0.25, 0.3) is 0 Å². The molecule has 4 nitrogen and oxygen atoms in total. The van der Waals surface area contributed by atoms with Gasteiger partial charge >= 0.3 is 6.18 Å². The van der Waals surface area contributed by atoms with Gasteiger partial charge in [-0.25, -0.2) is 0 Å². The lowest BCUT2D eigenvalue weighted by molar-refractivity contribution is -0.138. The molecule has 0 fully saturated rings. The van der Waals surface area contributed by atoms with E-state index in [0.717, 1.165) is 5.39 Å². The molecule has 0 saturated carbocycles. The number of amides is 1. The predicted octanol–water partition coefficient (Wildman–Crippen LogP) is 2.13. The topological polar surface area (TPSA) is 51.1 Å². The quantitative estimate of drug-likeness (QED) is 0.874. The smallest absolute Gasteiger partial charge is 0.345 e. The van der Waals surface area contributed by atoms with Gasteiger partial charge in [-0.3, -0.25) is 9.59 Å². The molecule has 7 heteroatoms. The fourth-order valence-corrected chi connectivity index (χ4v) is 1.82. The highest BCUT2D eigenvalue weighted by atomic mass is 19.4. The van der Waals surface area contributed by atoms with Crippen LogP contribution in [0, 0.1) is 0 Å². The van der Waals surface area contributed by atoms with E-state index in [0.29, 0.717) is 17.4 Å². The lowest BCUT2D eigenvalue weighted by atomic mass is 10.2. The van der Waals surface area contributed by atoms with E-state index < -0.39 is 18.6 Å². The maximum Gasteiger partial charge on any atom is 0.405 e. The van der Waals surface area contributed by atoms with Gasteiger partial charge in [0.2, 0.25) is 5.91 Å². The van der Waals surface area contributed by atoms with Gasteiger partial charge in [0.15, 0.2) is 0 Å². The Morgan fingerprint density at radius 3 is 2.70 bits per heavy atom. The van der Waals surface area contributed by atoms with Gasteiger partial charge in [0.05, 0.1) is 0 Å². The number of aldehydes is 1. The molecule has 0 saturated heterocycles. The van der Waals surface area contributed by atoms with Gasteiger partial charge in [0, 0.05) is 17.3 Å². The molecule has 0 aliphatic carbocycles. The van der Waals surface area contributed by atoms with Crippen LogP contribution in [0.5, 0.6) is 0 Å². The summed E-state index contributed by atoms with van der Waals surface area (Å²) in [5.41, 5.74) is 1.06. The molecule has 0 atom stereocenters. The van der Waals surface area contributed by atoms with E-state index in [1.807, 2.05) is 0 Å². The number of benzene rings is 1. The SMILES string of the molecule is O=Cc1ccc2ccn(CC(=O)NCC(F)(F)F)c2c1. The molecule has 0 aliphatic rings. The second-order valence-electron chi connectivity index (χ2n) is 4.27. The Labute approximate surface area is 112 Å². The highest BCUT2D eigenvalue weighted by Crippen LogP contribution is 2.17. The van der Waals surface area contributed by atoms with Crippen molar-refractivity contribution >= 4 is 23.1 Å². The van der Waals surface area contributed by atoms with E-state index in [4.69, 9.17) is 0 Å². The first-order valence-corrected chi connectivity index (χ1v) is 5.76. The van der Waals surface area contributed by atoms with Gasteiger partial charge in [-0.1, -0.05) is 12.1 Å². The van der Waals surface area contributed by atoms with Gasteiger partial charge < -0.3 is 9.88 Å². The summed E-state index contributed by atoms with van der Waals surface area (Å²) in [7, 11) is 0. The second kappa shape index (κ2) is 5.36. The Hall–Kier alpha value is -2.31. The number of alkyl halides is 3. The van der Waals surface area contributed by atoms with Crippen LogP contribution >= 0.6 is 0 Å². The molecule has 1 amide bonds. The third-order valence-corrected chi connectivity index (χ3v) is 2.73. The minimum atomic E-state index is -4.43. The van der Waals surface area contributed by atoms with Crippen molar-refractivity contribution in [1.82, 2.24) is 9.88 Å². The van der Waals surface area contributed by atoms with Crippen LogP contribution in [-0.2, 0) is 11.3 Å². The number of carbonyl (C=O) groups is 2. The Bertz CT molecular complexity index is 647. The minimum absolute atomic E-state index is 0.234. The van der Waals surface area contributed by atoms with Crippen molar-refractivity contribution in [3.8, 4) is 0 Å². The largest absolute Gasteiger partial charge is 0.405 e. The maximum atomic E-state index is 12.0. The van der Waals surface area contributed by atoms with Crippen molar-refractivity contribution in [3.63, 3.8) is 0 Å². The molecule has 0 radical (unpaired) electrons. The number of nitrogens with zero attached hydrogens (tertiary/aromatic N) is 1. The second-order valence-corrected chi connectivity index (χ2v) is 4.27. The average molecular weight is 284 g/mol. The fraction of sp³-hybridized carbons (Fsp3) is 0.231. The fourth-order valence-electron chi connectivity index (χ4n) is 1.82. The predicted molar refractivity (Wildman–Crippen MR) is 66.4 cm³/mol. The van der Waals surface area contributed by atoms with E-state index in [9.17, 15) is 22.8 Å². The van der Waals surface area contributed by atoms with Crippen molar-refractivity contribution in [2.24, 2.45) is 0 Å². The summed E-state index contributed by atoms with van der Waals surface area (Å²) < 4.78 is 37.5. The van der Waals surface area contributed by atoms with Crippen LogP contribution in [0.2, 0.25) is 0 Å². The first kappa shape index (κ1) is 14.1. The Balaban J connectivity index is 2.13. The summed E-state index contributed by atoms with van der Waals surface area (Å²) in [4.78, 5) is 22.2. The molecule has 2 rings (SSSR count). The normalized spacial score (nSPS) is 11.6. The monoisotopic (exact) mass is 284 g/mol. The number of hydrogen-bond donors (Lipinski definition) is 1. The highest BCUT2D eigenvalue weighted by molar-refractivity contribution is 5.88. The number of carbonyl (C=O) groups excluding carboxylic acids is 2. The molecule has 1 N–H and O–H groups in total. The number of nitrogens with one attached hydrogen (secondary N) is 1. The van der Waals surface area contributed by atoms with E-state index in [2.05, 4.69) is 0 Å². The summed E-state index contributed by atoms with van der Waals surface area (Å²) in [6.07, 6.45) is -2.17. The third kappa shape index (κ3) is 3.37. The summed E-state index contributed by atoms with van der Waals surface area (Å²) in [5.74, 6) is -0.740. The maximum absolute atomic E-state index is 12.0. The van der Waals surface area contributed by atoms with Gasteiger partial charge in [0.1, 0.15) is 19.4 Å². The summed E-state index contributed by atoms with van der Waals surface area (Å²) in [5, 5.41) is 2.60. The molecule has 0 unspecified atom stereocenters. The average Bonchev–Trinajstić information content (AvgIpc) is 2.78. The van der Waals surface area contributed by atoms with Crippen LogP contribution in [-0.4, -0.2) is 29.5 Å². The molecule has 106 valence electrons. The molecule has 1 aromatic heterocycles. The van der Waals surface area contributed by atoms with Crippen molar-refractivity contribution in [2.45, 2.75) is 12.7 Å².